The molecule has 72 valence electrons. The van der Waals surface area contributed by atoms with Gasteiger partial charge in [-0.2, -0.15) is 0 Å². The third-order valence-corrected chi connectivity index (χ3v) is 3.03. The average Bonchev–Trinajstić information content (AvgIpc) is 2.03. The van der Waals surface area contributed by atoms with Crippen molar-refractivity contribution in [3.63, 3.8) is 0 Å². The molecular weight excluding hydrogens is 184 g/mol. The summed E-state index contributed by atoms with van der Waals surface area (Å²) < 4.78 is 18.7. The van der Waals surface area contributed by atoms with Gasteiger partial charge in [-0.25, -0.2) is 8.99 Å². The summed E-state index contributed by atoms with van der Waals surface area (Å²) in [5.74, 6) is 0. The van der Waals surface area contributed by atoms with Gasteiger partial charge in [0.05, 0.1) is 9.73 Å². The topological polar surface area (TPSA) is 66.9 Å². The van der Waals surface area contributed by atoms with E-state index in [9.17, 15) is 4.21 Å². The van der Waals surface area contributed by atoms with Gasteiger partial charge in [-0.15, -0.1) is 0 Å². The van der Waals surface area contributed by atoms with Crippen LogP contribution >= 0.6 is 0 Å². The van der Waals surface area contributed by atoms with Gasteiger partial charge in [-0.05, 0) is 24.6 Å². The number of rotatable bonds is 2. The minimum absolute atomic E-state index is 0.0207. The van der Waals surface area contributed by atoms with Gasteiger partial charge in [0, 0.05) is 17.2 Å². The van der Waals surface area contributed by atoms with Crippen LogP contribution in [0.15, 0.2) is 29.2 Å². The second-order valence-electron chi connectivity index (χ2n) is 3.20. The molecule has 0 aliphatic carbocycles. The monoisotopic (exact) mass is 198 g/mol. The van der Waals surface area contributed by atoms with Crippen molar-refractivity contribution in [1.29, 1.82) is 4.78 Å². The van der Waals surface area contributed by atoms with E-state index in [0.717, 1.165) is 5.56 Å². The highest BCUT2D eigenvalue weighted by atomic mass is 32.2. The fraction of sp³-hybridized carbons (Fsp3) is 0.333. The highest BCUT2D eigenvalue weighted by molar-refractivity contribution is 7.91. The Morgan fingerprint density at radius 1 is 1.38 bits per heavy atom. The molecule has 0 saturated heterocycles. The smallest absolute Gasteiger partial charge is 0.0696 e. The molecule has 0 aliphatic rings. The van der Waals surface area contributed by atoms with E-state index in [2.05, 4.69) is 0 Å². The first-order chi connectivity index (χ1) is 5.91. The molecule has 2 unspecified atom stereocenters. The Kier molecular flexibility index (Phi) is 2.73. The number of hydrogen-bond donors (Lipinski definition) is 2. The zero-order chi connectivity index (χ0) is 10.1. The summed E-state index contributed by atoms with van der Waals surface area (Å²) in [4.78, 5) is 0.553. The fourth-order valence-electron chi connectivity index (χ4n) is 1.03. The molecule has 0 amide bonds. The van der Waals surface area contributed by atoms with Gasteiger partial charge in [-0.1, -0.05) is 12.1 Å². The molecule has 0 fully saturated rings. The van der Waals surface area contributed by atoms with Gasteiger partial charge in [0.2, 0.25) is 0 Å². The first kappa shape index (κ1) is 10.2. The minimum Gasteiger partial charge on any atom is -0.324 e. The van der Waals surface area contributed by atoms with Crippen molar-refractivity contribution in [3.8, 4) is 0 Å². The molecular formula is C9H14N2OS. The summed E-state index contributed by atoms with van der Waals surface area (Å²) in [7, 11) is -2.59. The summed E-state index contributed by atoms with van der Waals surface area (Å²) in [6, 6.07) is 7.02. The van der Waals surface area contributed by atoms with E-state index in [1.807, 2.05) is 19.1 Å². The van der Waals surface area contributed by atoms with Crippen molar-refractivity contribution in [3.05, 3.63) is 29.8 Å². The van der Waals surface area contributed by atoms with Crippen molar-refractivity contribution in [2.45, 2.75) is 17.9 Å². The summed E-state index contributed by atoms with van der Waals surface area (Å²) in [6.07, 6.45) is 1.41. The van der Waals surface area contributed by atoms with Gasteiger partial charge in [0.15, 0.2) is 0 Å². The van der Waals surface area contributed by atoms with Crippen molar-refractivity contribution >= 4 is 9.73 Å². The SMILES string of the molecule is CC(N)c1ccc(S(C)(=N)=O)cc1. The maximum absolute atomic E-state index is 11.3. The predicted molar refractivity (Wildman–Crippen MR) is 54.1 cm³/mol. The second kappa shape index (κ2) is 3.47. The number of nitrogens with two attached hydrogens (primary N) is 1. The molecule has 0 aliphatic heterocycles. The highest BCUT2D eigenvalue weighted by Crippen LogP contribution is 2.14. The van der Waals surface area contributed by atoms with Crippen LogP contribution < -0.4 is 5.73 Å². The quantitative estimate of drug-likeness (QED) is 0.760. The van der Waals surface area contributed by atoms with Gasteiger partial charge in [0.25, 0.3) is 0 Å². The number of nitrogens with one attached hydrogen (secondary N) is 1. The third-order valence-electron chi connectivity index (χ3n) is 1.86. The van der Waals surface area contributed by atoms with Crippen molar-refractivity contribution < 1.29 is 4.21 Å². The molecule has 0 bridgehead atoms. The van der Waals surface area contributed by atoms with E-state index in [1.54, 1.807) is 12.1 Å². The van der Waals surface area contributed by atoms with Crippen LogP contribution in [0.1, 0.15) is 18.5 Å². The number of benzene rings is 1. The molecule has 0 aromatic heterocycles. The van der Waals surface area contributed by atoms with E-state index in [-0.39, 0.29) is 6.04 Å². The fourth-order valence-corrected chi connectivity index (χ4v) is 1.69. The summed E-state index contributed by atoms with van der Waals surface area (Å²) in [6.45, 7) is 1.89. The van der Waals surface area contributed by atoms with E-state index < -0.39 is 9.73 Å². The van der Waals surface area contributed by atoms with Crippen LogP contribution in [-0.4, -0.2) is 10.5 Å². The zero-order valence-electron chi connectivity index (χ0n) is 7.78. The number of hydrogen-bond acceptors (Lipinski definition) is 3. The van der Waals surface area contributed by atoms with Crippen LogP contribution in [0.2, 0.25) is 0 Å². The van der Waals surface area contributed by atoms with Crippen LogP contribution in [0.4, 0.5) is 0 Å². The molecule has 1 rings (SSSR count). The Hall–Kier alpha value is -0.870. The normalized spacial score (nSPS) is 17.8. The molecule has 1 aromatic rings. The van der Waals surface area contributed by atoms with Gasteiger partial charge < -0.3 is 5.73 Å². The van der Waals surface area contributed by atoms with Crippen molar-refractivity contribution in [2.24, 2.45) is 5.73 Å². The third kappa shape index (κ3) is 2.54. The average molecular weight is 198 g/mol. The molecule has 0 spiro atoms. The van der Waals surface area contributed by atoms with Crippen LogP contribution in [0.3, 0.4) is 0 Å². The molecule has 1 aromatic carbocycles. The lowest BCUT2D eigenvalue weighted by molar-refractivity contribution is 0.678. The van der Waals surface area contributed by atoms with Gasteiger partial charge in [0.1, 0.15) is 0 Å². The summed E-state index contributed by atoms with van der Waals surface area (Å²) in [5, 5.41) is 0. The molecule has 3 nitrogen and oxygen atoms in total. The van der Waals surface area contributed by atoms with E-state index in [0.29, 0.717) is 4.90 Å². The molecule has 0 radical (unpaired) electrons. The molecule has 0 saturated carbocycles. The molecule has 4 heteroatoms. The van der Waals surface area contributed by atoms with E-state index in [1.165, 1.54) is 6.26 Å². The first-order valence-corrected chi connectivity index (χ1v) is 5.97. The minimum atomic E-state index is -2.59. The largest absolute Gasteiger partial charge is 0.324 e. The highest BCUT2D eigenvalue weighted by Gasteiger charge is 2.03. The van der Waals surface area contributed by atoms with E-state index in [4.69, 9.17) is 10.5 Å². The standard InChI is InChI=1S/C9H14N2OS/c1-7(10)8-3-5-9(6-4-8)13(2,11)12/h3-7,11H,10H2,1-2H3. The Morgan fingerprint density at radius 2 is 1.85 bits per heavy atom. The maximum Gasteiger partial charge on any atom is 0.0696 e. The van der Waals surface area contributed by atoms with Crippen LogP contribution in [0.25, 0.3) is 0 Å². The molecule has 2 atom stereocenters. The molecule has 3 N–H and O–H groups in total. The first-order valence-electron chi connectivity index (χ1n) is 4.00. The van der Waals surface area contributed by atoms with Crippen LogP contribution in [-0.2, 0) is 9.73 Å². The summed E-state index contributed by atoms with van der Waals surface area (Å²) >= 11 is 0. The van der Waals surface area contributed by atoms with E-state index >= 15 is 0 Å². The maximum atomic E-state index is 11.3. The lowest BCUT2D eigenvalue weighted by Gasteiger charge is -2.06. The van der Waals surface area contributed by atoms with Crippen molar-refractivity contribution in [2.75, 3.05) is 6.26 Å². The second-order valence-corrected chi connectivity index (χ2v) is 5.36. The lowest BCUT2D eigenvalue weighted by Crippen LogP contribution is -2.05. The zero-order valence-corrected chi connectivity index (χ0v) is 8.60. The lowest BCUT2D eigenvalue weighted by atomic mass is 10.1. The Labute approximate surface area is 78.9 Å². The van der Waals surface area contributed by atoms with Gasteiger partial charge >= 0.3 is 0 Å². The van der Waals surface area contributed by atoms with Crippen molar-refractivity contribution in [1.82, 2.24) is 0 Å². The predicted octanol–water partition coefficient (Wildman–Crippen LogP) is 1.74. The van der Waals surface area contributed by atoms with Gasteiger partial charge in [-0.3, -0.25) is 0 Å². The Bertz CT molecular complexity index is 379. The van der Waals surface area contributed by atoms with Crippen LogP contribution in [0, 0.1) is 4.78 Å². The summed E-state index contributed by atoms with van der Waals surface area (Å²) in [5.41, 5.74) is 6.65. The molecule has 0 heterocycles. The Morgan fingerprint density at radius 3 is 2.15 bits per heavy atom. The Balaban J connectivity index is 3.08. The molecule has 13 heavy (non-hydrogen) atoms. The van der Waals surface area contributed by atoms with Crippen LogP contribution in [0.5, 0.6) is 0 Å².